The molecule has 0 fully saturated rings. The van der Waals surface area contributed by atoms with Crippen molar-refractivity contribution in [3.05, 3.63) is 0 Å². The van der Waals surface area contributed by atoms with E-state index in [1.807, 2.05) is 0 Å². The van der Waals surface area contributed by atoms with E-state index in [0.29, 0.717) is 6.92 Å². The molecule has 1 heteroatoms. The third-order valence-corrected chi connectivity index (χ3v) is 0.364. The SMILES string of the molecule is [2H]C([2H])([2H])C([2H])(C([2H])([2H])[2H])C([2H])([2H])C([2H])([2H])C(C)=O. The van der Waals surface area contributed by atoms with Crippen molar-refractivity contribution in [2.45, 2.75) is 33.4 Å². The molecule has 0 aliphatic carbocycles. The van der Waals surface area contributed by atoms with Gasteiger partial charge in [-0.2, -0.15) is 0 Å². The van der Waals surface area contributed by atoms with Gasteiger partial charge in [-0.25, -0.2) is 0 Å². The summed E-state index contributed by atoms with van der Waals surface area (Å²) in [6.45, 7) is -6.63. The van der Waals surface area contributed by atoms with E-state index in [-0.39, 0.29) is 0 Å². The lowest BCUT2D eigenvalue weighted by molar-refractivity contribution is -0.117. The van der Waals surface area contributed by atoms with Gasteiger partial charge in [0.25, 0.3) is 0 Å². The van der Waals surface area contributed by atoms with Crippen molar-refractivity contribution in [3.63, 3.8) is 0 Å². The summed E-state index contributed by atoms with van der Waals surface area (Å²) in [5.74, 6) is -5.16. The van der Waals surface area contributed by atoms with Gasteiger partial charge in [0, 0.05) is 21.5 Å². The quantitative estimate of drug-likeness (QED) is 0.564. The molecule has 0 amide bonds. The summed E-state index contributed by atoms with van der Waals surface area (Å²) >= 11 is 0. The van der Waals surface area contributed by atoms with Crippen LogP contribution in [0, 0.1) is 5.89 Å². The second kappa shape index (κ2) is 3.65. The Hall–Kier alpha value is -0.330. The molecule has 1 nitrogen and oxygen atoms in total. The van der Waals surface area contributed by atoms with Crippen LogP contribution in [0.15, 0.2) is 0 Å². The third-order valence-electron chi connectivity index (χ3n) is 0.364. The summed E-state index contributed by atoms with van der Waals surface area (Å²) in [5, 5.41) is 0. The lowest BCUT2D eigenvalue weighted by atomic mass is 10.1. The van der Waals surface area contributed by atoms with Gasteiger partial charge < -0.3 is 4.79 Å². The van der Waals surface area contributed by atoms with Crippen molar-refractivity contribution in [2.75, 3.05) is 0 Å². The highest BCUT2D eigenvalue weighted by atomic mass is 16.1. The third kappa shape index (κ3) is 5.67. The minimum absolute atomic E-state index is 0.664. The van der Waals surface area contributed by atoms with Crippen molar-refractivity contribution in [2.24, 2.45) is 5.89 Å². The monoisotopic (exact) mass is 125 g/mol. The van der Waals surface area contributed by atoms with Crippen LogP contribution in [0.1, 0.15) is 48.5 Å². The summed E-state index contributed by atoms with van der Waals surface area (Å²) in [6.07, 6.45) is -7.15. The molecule has 0 unspecified atom stereocenters. The van der Waals surface area contributed by atoms with Crippen molar-refractivity contribution >= 4 is 5.78 Å². The van der Waals surface area contributed by atoms with E-state index in [1.165, 1.54) is 0 Å². The first-order valence-electron chi connectivity index (χ1n) is 7.45. The number of carbonyl (C=O) groups excluding carboxylic acids is 1. The average Bonchev–Trinajstić information content (AvgIpc) is 2.11. The lowest BCUT2D eigenvalue weighted by Gasteiger charge is -1.98. The largest absolute Gasteiger partial charge is 0.300 e. The van der Waals surface area contributed by atoms with Gasteiger partial charge in [0.2, 0.25) is 0 Å². The zero-order valence-electron chi connectivity index (χ0n) is 15.4. The molecule has 0 saturated heterocycles. The average molecular weight is 125 g/mol. The van der Waals surface area contributed by atoms with Crippen LogP contribution in [0.25, 0.3) is 0 Å². The fraction of sp³-hybridized carbons (Fsp3) is 0.857. The van der Waals surface area contributed by atoms with Crippen molar-refractivity contribution in [1.82, 2.24) is 0 Å². The highest BCUT2D eigenvalue weighted by molar-refractivity contribution is 5.75. The van der Waals surface area contributed by atoms with E-state index in [2.05, 4.69) is 0 Å². The Bertz CT molecular complexity index is 348. The van der Waals surface area contributed by atoms with Crippen LogP contribution < -0.4 is 0 Å². The second-order valence-corrected chi connectivity index (χ2v) is 1.18. The van der Waals surface area contributed by atoms with Gasteiger partial charge in [0.15, 0.2) is 0 Å². The van der Waals surface area contributed by atoms with E-state index in [9.17, 15) is 4.79 Å². The zero-order valence-corrected chi connectivity index (χ0v) is 4.41. The lowest BCUT2D eigenvalue weighted by Crippen LogP contribution is -1.93. The first kappa shape index (κ1) is 1.09. The van der Waals surface area contributed by atoms with Crippen molar-refractivity contribution in [3.8, 4) is 0 Å². The molecule has 0 heterocycles. The smallest absolute Gasteiger partial charge is 0.129 e. The molecule has 0 saturated carbocycles. The van der Waals surface area contributed by atoms with Crippen LogP contribution in [0.3, 0.4) is 0 Å². The highest BCUT2D eigenvalue weighted by Crippen LogP contribution is 2.02. The minimum atomic E-state index is -3.78. The number of carbonyl (C=O) groups is 1. The van der Waals surface area contributed by atoms with Crippen LogP contribution in [-0.4, -0.2) is 5.78 Å². The molecule has 0 radical (unpaired) electrons. The van der Waals surface area contributed by atoms with Crippen molar-refractivity contribution < 1.29 is 19.9 Å². The molecule has 0 spiro atoms. The topological polar surface area (TPSA) is 17.1 Å². The Morgan fingerprint density at radius 2 is 2.62 bits per heavy atom. The molecule has 8 heavy (non-hydrogen) atoms. The van der Waals surface area contributed by atoms with Gasteiger partial charge in [0.05, 0.1) is 0 Å². The molecule has 0 N–H and O–H groups in total. The molecular weight excluding hydrogens is 100 g/mol. The molecule has 0 bridgehead atoms. The van der Waals surface area contributed by atoms with E-state index < -0.39 is 38.1 Å². The number of rotatable bonds is 3. The molecule has 0 aliphatic rings. The predicted molar refractivity (Wildman–Crippen MR) is 34.8 cm³/mol. The standard InChI is InChI=1S/C7H14O/c1-6(2)4-5-7(3)8/h6H,4-5H2,1-3H3/i1D3,2D3,4D2,5D2,6D. The van der Waals surface area contributed by atoms with Gasteiger partial charge >= 0.3 is 0 Å². The Morgan fingerprint density at radius 3 is 3.00 bits per heavy atom. The molecule has 0 aromatic carbocycles. The van der Waals surface area contributed by atoms with Crippen molar-refractivity contribution in [1.29, 1.82) is 0 Å². The Balaban J connectivity index is 6.29. The van der Waals surface area contributed by atoms with Gasteiger partial charge in [-0.3, -0.25) is 0 Å². The van der Waals surface area contributed by atoms with Gasteiger partial charge in [-0.05, 0) is 19.2 Å². The highest BCUT2D eigenvalue weighted by Gasteiger charge is 1.95. The molecule has 0 rings (SSSR count). The van der Waals surface area contributed by atoms with E-state index in [0.717, 1.165) is 0 Å². The number of Topliss-reactive ketones (excluding diaryl/α,β-unsaturated/α-hetero) is 1. The predicted octanol–water partition coefficient (Wildman–Crippen LogP) is 2.01. The summed E-state index contributed by atoms with van der Waals surface area (Å²) < 4.78 is 79.7. The van der Waals surface area contributed by atoms with E-state index in [1.54, 1.807) is 0 Å². The molecule has 0 atom stereocenters. The van der Waals surface area contributed by atoms with Gasteiger partial charge in [-0.15, -0.1) is 0 Å². The second-order valence-electron chi connectivity index (χ2n) is 1.18. The molecular formula is C7H14O. The van der Waals surface area contributed by atoms with E-state index >= 15 is 0 Å². The maximum absolute atomic E-state index is 11.1. The molecule has 0 aromatic heterocycles. The maximum atomic E-state index is 11.1. The van der Waals surface area contributed by atoms with Crippen LogP contribution in [0.2, 0.25) is 0 Å². The minimum Gasteiger partial charge on any atom is -0.300 e. The zero-order chi connectivity index (χ0) is 16.1. The van der Waals surface area contributed by atoms with E-state index in [4.69, 9.17) is 15.1 Å². The maximum Gasteiger partial charge on any atom is 0.129 e. The number of hydrogen-bond donors (Lipinski definition) is 0. The first-order valence-corrected chi connectivity index (χ1v) is 1.95. The Kier molecular flexibility index (Phi) is 0.498. The van der Waals surface area contributed by atoms with Gasteiger partial charge in [0.1, 0.15) is 5.78 Å². The first-order chi connectivity index (χ1) is 7.94. The number of ketones is 1. The Morgan fingerprint density at radius 1 is 2.00 bits per heavy atom. The normalized spacial score (nSPS) is 38.4. The summed E-state index contributed by atoms with van der Waals surface area (Å²) in [4.78, 5) is 11.1. The molecule has 48 valence electrons. The summed E-state index contributed by atoms with van der Waals surface area (Å²) in [5.41, 5.74) is 0. The summed E-state index contributed by atoms with van der Waals surface area (Å²) in [6, 6.07) is 0. The van der Waals surface area contributed by atoms with Crippen LogP contribution >= 0.6 is 0 Å². The number of hydrogen-bond acceptors (Lipinski definition) is 1. The summed E-state index contributed by atoms with van der Waals surface area (Å²) in [7, 11) is 0. The van der Waals surface area contributed by atoms with Crippen LogP contribution in [-0.2, 0) is 4.79 Å². The molecule has 0 aromatic rings. The van der Waals surface area contributed by atoms with Crippen LogP contribution in [0.4, 0.5) is 0 Å². The van der Waals surface area contributed by atoms with Crippen LogP contribution in [0.5, 0.6) is 0 Å². The molecule has 0 aliphatic heterocycles. The fourth-order valence-electron chi connectivity index (χ4n) is 0.151. The Labute approximate surface area is 66.5 Å². The van der Waals surface area contributed by atoms with Gasteiger partial charge in [-0.1, -0.05) is 13.7 Å². The fourth-order valence-corrected chi connectivity index (χ4v) is 0.151.